The van der Waals surface area contributed by atoms with Crippen LogP contribution >= 0.6 is 0 Å². The molecule has 2 heterocycles. The third-order valence-corrected chi connectivity index (χ3v) is 4.14. The van der Waals surface area contributed by atoms with Crippen molar-refractivity contribution in [3.05, 3.63) is 0 Å². The van der Waals surface area contributed by atoms with E-state index >= 15 is 0 Å². The number of rotatable bonds is 5. The summed E-state index contributed by atoms with van der Waals surface area (Å²) in [6.07, 6.45) is 6.91. The van der Waals surface area contributed by atoms with Crippen molar-refractivity contribution in [2.24, 2.45) is 0 Å². The number of piperidine rings is 1. The van der Waals surface area contributed by atoms with E-state index in [0.29, 0.717) is 0 Å². The van der Waals surface area contributed by atoms with Gasteiger partial charge in [-0.05, 0) is 38.6 Å². The van der Waals surface area contributed by atoms with Crippen molar-refractivity contribution in [2.45, 2.75) is 57.6 Å². The molecule has 0 aromatic rings. The van der Waals surface area contributed by atoms with E-state index in [0.717, 1.165) is 38.6 Å². The highest BCUT2D eigenvalue weighted by atomic mass is 16.5. The summed E-state index contributed by atoms with van der Waals surface area (Å²) < 4.78 is 5.37. The summed E-state index contributed by atoms with van der Waals surface area (Å²) in [6, 6.07) is 0.721. The van der Waals surface area contributed by atoms with Gasteiger partial charge in [0, 0.05) is 25.7 Å². The highest BCUT2D eigenvalue weighted by molar-refractivity contribution is 5.80. The maximum atomic E-state index is 11.8. The van der Waals surface area contributed by atoms with Crippen LogP contribution in [0.15, 0.2) is 0 Å². The van der Waals surface area contributed by atoms with Crippen molar-refractivity contribution in [3.8, 4) is 0 Å². The molecule has 4 heteroatoms. The highest BCUT2D eigenvalue weighted by Gasteiger charge is 2.24. The van der Waals surface area contributed by atoms with Crippen LogP contribution in [0.25, 0.3) is 0 Å². The van der Waals surface area contributed by atoms with Gasteiger partial charge in [-0.25, -0.2) is 0 Å². The summed E-state index contributed by atoms with van der Waals surface area (Å²) in [4.78, 5) is 14.3. The molecule has 2 fully saturated rings. The number of carbonyl (C=O) groups is 1. The molecule has 0 saturated carbocycles. The van der Waals surface area contributed by atoms with E-state index in [1.165, 1.54) is 32.2 Å². The van der Waals surface area contributed by atoms with Gasteiger partial charge in [0.2, 0.25) is 5.91 Å². The molecule has 2 saturated heterocycles. The Balaban J connectivity index is 1.65. The average Bonchev–Trinajstić information content (AvgIpc) is 2.93. The maximum absolute atomic E-state index is 11.8. The zero-order valence-electron chi connectivity index (χ0n) is 11.5. The molecule has 0 radical (unpaired) electrons. The van der Waals surface area contributed by atoms with Gasteiger partial charge >= 0.3 is 0 Å². The topological polar surface area (TPSA) is 41.6 Å². The molecule has 2 atom stereocenters. The molecule has 2 aliphatic heterocycles. The number of nitrogens with zero attached hydrogens (tertiary/aromatic N) is 1. The van der Waals surface area contributed by atoms with E-state index < -0.39 is 0 Å². The summed E-state index contributed by atoms with van der Waals surface area (Å²) >= 11 is 0. The molecule has 4 nitrogen and oxygen atoms in total. The summed E-state index contributed by atoms with van der Waals surface area (Å²) in [6.45, 7) is 5.93. The number of likely N-dealkylation sites (tertiary alicyclic amines) is 1. The third-order valence-electron chi connectivity index (χ3n) is 4.14. The first kappa shape index (κ1) is 13.8. The van der Waals surface area contributed by atoms with Crippen LogP contribution in [0.3, 0.4) is 0 Å². The molecular formula is C14H26N2O2. The third kappa shape index (κ3) is 3.69. The minimum Gasteiger partial charge on any atom is -0.368 e. The largest absolute Gasteiger partial charge is 0.368 e. The van der Waals surface area contributed by atoms with Crippen LogP contribution in [0, 0.1) is 0 Å². The first-order chi connectivity index (χ1) is 8.81. The van der Waals surface area contributed by atoms with Gasteiger partial charge in [0.1, 0.15) is 6.10 Å². The van der Waals surface area contributed by atoms with Crippen LogP contribution in [0.2, 0.25) is 0 Å². The van der Waals surface area contributed by atoms with Gasteiger partial charge in [0.25, 0.3) is 0 Å². The molecule has 18 heavy (non-hydrogen) atoms. The van der Waals surface area contributed by atoms with E-state index in [1.807, 2.05) is 0 Å². The highest BCUT2D eigenvalue weighted by Crippen LogP contribution is 2.18. The lowest BCUT2D eigenvalue weighted by Gasteiger charge is -2.35. The molecule has 2 aliphatic rings. The monoisotopic (exact) mass is 254 g/mol. The second kappa shape index (κ2) is 7.10. The van der Waals surface area contributed by atoms with Gasteiger partial charge in [-0.2, -0.15) is 0 Å². The fraction of sp³-hybridized carbons (Fsp3) is 0.929. The summed E-state index contributed by atoms with van der Waals surface area (Å²) in [5.74, 6) is 0.0811. The molecule has 0 bridgehead atoms. The Morgan fingerprint density at radius 1 is 1.33 bits per heavy atom. The normalized spacial score (nSPS) is 29.4. The lowest BCUT2D eigenvalue weighted by molar-refractivity contribution is -0.130. The Kier molecular flexibility index (Phi) is 5.45. The number of carbonyl (C=O) groups excluding carboxylic acids is 1. The number of hydrogen-bond donors (Lipinski definition) is 1. The number of amides is 1. The van der Waals surface area contributed by atoms with Gasteiger partial charge in [0.05, 0.1) is 0 Å². The molecule has 104 valence electrons. The van der Waals surface area contributed by atoms with E-state index in [-0.39, 0.29) is 12.0 Å². The Morgan fingerprint density at radius 3 is 2.94 bits per heavy atom. The van der Waals surface area contributed by atoms with E-state index in [9.17, 15) is 4.79 Å². The first-order valence-electron chi connectivity index (χ1n) is 7.44. The van der Waals surface area contributed by atoms with Gasteiger partial charge in [0.15, 0.2) is 0 Å². The Bertz CT molecular complexity index is 265. The Labute approximate surface area is 110 Å². The summed E-state index contributed by atoms with van der Waals surface area (Å²) in [7, 11) is 0. The number of nitrogens with one attached hydrogen (secondary N) is 1. The van der Waals surface area contributed by atoms with Crippen LogP contribution in [0.4, 0.5) is 0 Å². The molecule has 1 amide bonds. The fourth-order valence-electron chi connectivity index (χ4n) is 3.04. The van der Waals surface area contributed by atoms with Gasteiger partial charge < -0.3 is 10.1 Å². The van der Waals surface area contributed by atoms with Crippen LogP contribution in [0.5, 0.6) is 0 Å². The Morgan fingerprint density at radius 2 is 2.22 bits per heavy atom. The first-order valence-corrected chi connectivity index (χ1v) is 7.44. The second-order valence-electron chi connectivity index (χ2n) is 5.39. The molecule has 2 rings (SSSR count). The summed E-state index contributed by atoms with van der Waals surface area (Å²) in [5.41, 5.74) is 0. The maximum Gasteiger partial charge on any atom is 0.249 e. The lowest BCUT2D eigenvalue weighted by atomic mass is 10.0. The van der Waals surface area contributed by atoms with Gasteiger partial charge in [-0.15, -0.1) is 0 Å². The predicted octanol–water partition coefficient (Wildman–Crippen LogP) is 1.55. The van der Waals surface area contributed by atoms with Crippen LogP contribution < -0.4 is 5.32 Å². The van der Waals surface area contributed by atoms with Crippen molar-refractivity contribution >= 4 is 5.91 Å². The molecule has 0 aromatic heterocycles. The SMILES string of the molecule is CCC1CCCCN1CCNC(=O)C1CCCO1. The van der Waals surface area contributed by atoms with Gasteiger partial charge in [-0.3, -0.25) is 9.69 Å². The smallest absolute Gasteiger partial charge is 0.249 e. The van der Waals surface area contributed by atoms with Crippen molar-refractivity contribution in [3.63, 3.8) is 0 Å². The van der Waals surface area contributed by atoms with Crippen LogP contribution in [-0.4, -0.2) is 49.2 Å². The second-order valence-corrected chi connectivity index (χ2v) is 5.39. The Hall–Kier alpha value is -0.610. The van der Waals surface area contributed by atoms with E-state index in [4.69, 9.17) is 4.74 Å². The van der Waals surface area contributed by atoms with Crippen molar-refractivity contribution < 1.29 is 9.53 Å². The van der Waals surface area contributed by atoms with Crippen molar-refractivity contribution in [1.82, 2.24) is 10.2 Å². The molecule has 1 N–H and O–H groups in total. The number of ether oxygens (including phenoxy) is 1. The minimum atomic E-state index is -0.187. The van der Waals surface area contributed by atoms with Crippen molar-refractivity contribution in [1.29, 1.82) is 0 Å². The summed E-state index contributed by atoms with van der Waals surface area (Å²) in [5, 5.41) is 3.01. The zero-order chi connectivity index (χ0) is 12.8. The van der Waals surface area contributed by atoms with Gasteiger partial charge in [-0.1, -0.05) is 13.3 Å². The van der Waals surface area contributed by atoms with Crippen molar-refractivity contribution in [2.75, 3.05) is 26.2 Å². The molecule has 0 aromatic carbocycles. The van der Waals surface area contributed by atoms with Crippen LogP contribution in [0.1, 0.15) is 45.4 Å². The standard InChI is InChI=1S/C14H26N2O2/c1-2-12-6-3-4-9-16(12)10-8-15-14(17)13-7-5-11-18-13/h12-13H,2-11H2,1H3,(H,15,17). The average molecular weight is 254 g/mol. The predicted molar refractivity (Wildman–Crippen MR) is 71.5 cm³/mol. The van der Waals surface area contributed by atoms with Crippen LogP contribution in [-0.2, 0) is 9.53 Å². The van der Waals surface area contributed by atoms with E-state index in [1.54, 1.807) is 0 Å². The zero-order valence-corrected chi connectivity index (χ0v) is 11.5. The molecule has 2 unspecified atom stereocenters. The van der Waals surface area contributed by atoms with E-state index in [2.05, 4.69) is 17.1 Å². The number of hydrogen-bond acceptors (Lipinski definition) is 3. The minimum absolute atomic E-state index is 0.0811. The quantitative estimate of drug-likeness (QED) is 0.809. The molecule has 0 aliphatic carbocycles. The fourth-order valence-corrected chi connectivity index (χ4v) is 3.04. The molecule has 0 spiro atoms. The lowest BCUT2D eigenvalue weighted by Crippen LogP contribution is -2.45. The molecular weight excluding hydrogens is 228 g/mol.